The maximum Gasteiger partial charge on any atom is 0.0558 e. The van der Waals surface area contributed by atoms with Gasteiger partial charge >= 0.3 is 0 Å². The van der Waals surface area contributed by atoms with Gasteiger partial charge in [-0.15, -0.1) is 0 Å². The van der Waals surface area contributed by atoms with Gasteiger partial charge in [0.2, 0.25) is 0 Å². The van der Waals surface area contributed by atoms with E-state index in [4.69, 9.17) is 16.7 Å². The van der Waals surface area contributed by atoms with E-state index in [-0.39, 0.29) is 6.61 Å². The van der Waals surface area contributed by atoms with E-state index in [0.29, 0.717) is 6.04 Å². The lowest BCUT2D eigenvalue weighted by atomic mass is 10.0. The number of nitrogens with one attached hydrogen (secondary N) is 1. The maximum absolute atomic E-state index is 8.97. The number of nitrogens with zero attached hydrogens (tertiary/aromatic N) is 2. The van der Waals surface area contributed by atoms with Crippen molar-refractivity contribution in [1.29, 1.82) is 0 Å². The van der Waals surface area contributed by atoms with Crippen LogP contribution < -0.4 is 5.32 Å². The molecule has 2 rings (SSSR count). The fraction of sp³-hybridized carbons (Fsp3) is 0.625. The summed E-state index contributed by atoms with van der Waals surface area (Å²) < 4.78 is 0. The molecular weight excluding hydrogens is 286 g/mol. The highest BCUT2D eigenvalue weighted by Gasteiger charge is 2.17. The van der Waals surface area contributed by atoms with Gasteiger partial charge < -0.3 is 15.3 Å². The number of hydrogen-bond acceptors (Lipinski definition) is 4. The van der Waals surface area contributed by atoms with Crippen LogP contribution in [0.5, 0.6) is 0 Å². The molecular formula is C16H26ClN3O. The zero-order valence-electron chi connectivity index (χ0n) is 12.8. The van der Waals surface area contributed by atoms with Crippen molar-refractivity contribution in [2.24, 2.45) is 0 Å². The summed E-state index contributed by atoms with van der Waals surface area (Å²) in [7, 11) is 2.00. The molecule has 4 nitrogen and oxygen atoms in total. The molecule has 1 aliphatic heterocycles. The quantitative estimate of drug-likeness (QED) is 0.802. The minimum atomic E-state index is 0.261. The number of benzene rings is 1. The standard InChI is InChI=1S/C16H26ClN3O/c1-18-16(14-3-2-4-15(17)13-14)5-6-19-7-9-20(10-8-19)11-12-21/h2-4,13,16,18,21H,5-12H2,1H3. The molecule has 1 fully saturated rings. The van der Waals surface area contributed by atoms with Gasteiger partial charge in [-0.1, -0.05) is 23.7 Å². The van der Waals surface area contributed by atoms with E-state index in [2.05, 4.69) is 21.2 Å². The van der Waals surface area contributed by atoms with E-state index >= 15 is 0 Å². The fourth-order valence-corrected chi connectivity index (χ4v) is 3.09. The van der Waals surface area contributed by atoms with Gasteiger partial charge in [0.05, 0.1) is 6.61 Å². The average molecular weight is 312 g/mol. The Kier molecular flexibility index (Phi) is 6.93. The number of rotatable bonds is 7. The van der Waals surface area contributed by atoms with Crippen LogP contribution in [0.3, 0.4) is 0 Å². The summed E-state index contributed by atoms with van der Waals surface area (Å²) in [5.74, 6) is 0. The summed E-state index contributed by atoms with van der Waals surface area (Å²) in [5, 5.41) is 13.1. The van der Waals surface area contributed by atoms with Crippen molar-refractivity contribution in [3.05, 3.63) is 34.9 Å². The van der Waals surface area contributed by atoms with Gasteiger partial charge in [0.1, 0.15) is 0 Å². The molecule has 0 radical (unpaired) electrons. The molecule has 1 atom stereocenters. The van der Waals surface area contributed by atoms with E-state index in [9.17, 15) is 0 Å². The Morgan fingerprint density at radius 2 is 1.86 bits per heavy atom. The summed E-state index contributed by atoms with van der Waals surface area (Å²) in [5.41, 5.74) is 1.25. The largest absolute Gasteiger partial charge is 0.395 e. The molecule has 0 aromatic heterocycles. The van der Waals surface area contributed by atoms with E-state index in [1.807, 2.05) is 25.2 Å². The highest BCUT2D eigenvalue weighted by molar-refractivity contribution is 6.30. The Labute approximate surface area is 132 Å². The second-order valence-electron chi connectivity index (χ2n) is 5.59. The molecule has 5 heteroatoms. The molecule has 1 aromatic carbocycles. The number of aliphatic hydroxyl groups excluding tert-OH is 1. The second-order valence-corrected chi connectivity index (χ2v) is 6.03. The van der Waals surface area contributed by atoms with Gasteiger partial charge in [0.15, 0.2) is 0 Å². The predicted molar refractivity (Wildman–Crippen MR) is 87.8 cm³/mol. The molecule has 0 spiro atoms. The minimum absolute atomic E-state index is 0.261. The molecule has 1 heterocycles. The maximum atomic E-state index is 8.97. The highest BCUT2D eigenvalue weighted by atomic mass is 35.5. The molecule has 0 bridgehead atoms. The summed E-state index contributed by atoms with van der Waals surface area (Å²) in [6.07, 6.45) is 1.08. The van der Waals surface area contributed by atoms with Crippen LogP contribution in [0.2, 0.25) is 5.02 Å². The van der Waals surface area contributed by atoms with Crippen LogP contribution in [-0.4, -0.2) is 67.8 Å². The number of β-amino-alcohol motifs (C(OH)–C–C–N with tert-alkyl or cyclic N) is 1. The van der Waals surface area contributed by atoms with Gasteiger partial charge in [-0.05, 0) is 31.2 Å². The van der Waals surface area contributed by atoms with Gasteiger partial charge in [0.25, 0.3) is 0 Å². The van der Waals surface area contributed by atoms with Crippen molar-refractivity contribution in [3.63, 3.8) is 0 Å². The van der Waals surface area contributed by atoms with Crippen molar-refractivity contribution >= 4 is 11.6 Å². The van der Waals surface area contributed by atoms with E-state index in [0.717, 1.165) is 50.7 Å². The van der Waals surface area contributed by atoms with Crippen LogP contribution in [0.1, 0.15) is 18.0 Å². The first kappa shape index (κ1) is 16.7. The van der Waals surface area contributed by atoms with Gasteiger partial charge in [-0.2, -0.15) is 0 Å². The molecule has 0 saturated carbocycles. The number of halogens is 1. The average Bonchev–Trinajstić information content (AvgIpc) is 2.50. The lowest BCUT2D eigenvalue weighted by Gasteiger charge is -2.35. The third-order valence-corrected chi connectivity index (χ3v) is 4.45. The zero-order valence-corrected chi connectivity index (χ0v) is 13.5. The van der Waals surface area contributed by atoms with E-state index in [1.165, 1.54) is 5.56 Å². The molecule has 21 heavy (non-hydrogen) atoms. The molecule has 1 saturated heterocycles. The minimum Gasteiger partial charge on any atom is -0.395 e. The second kappa shape index (κ2) is 8.71. The lowest BCUT2D eigenvalue weighted by molar-refractivity contribution is 0.110. The Balaban J connectivity index is 1.79. The van der Waals surface area contributed by atoms with Crippen LogP contribution in [0.4, 0.5) is 0 Å². The number of piperazine rings is 1. The number of hydrogen-bond donors (Lipinski definition) is 2. The van der Waals surface area contributed by atoms with Crippen LogP contribution in [0, 0.1) is 0 Å². The summed E-state index contributed by atoms with van der Waals surface area (Å²) >= 11 is 6.08. The Morgan fingerprint density at radius 1 is 1.19 bits per heavy atom. The van der Waals surface area contributed by atoms with Crippen molar-refractivity contribution < 1.29 is 5.11 Å². The molecule has 1 aliphatic rings. The summed E-state index contributed by atoms with van der Waals surface area (Å²) in [4.78, 5) is 4.83. The molecule has 118 valence electrons. The first-order valence-corrected chi connectivity index (χ1v) is 8.09. The van der Waals surface area contributed by atoms with Crippen LogP contribution in [0.15, 0.2) is 24.3 Å². The first-order valence-electron chi connectivity index (χ1n) is 7.71. The highest BCUT2D eigenvalue weighted by Crippen LogP contribution is 2.20. The van der Waals surface area contributed by atoms with Crippen molar-refractivity contribution in [2.75, 3.05) is 52.9 Å². The normalized spacial score (nSPS) is 18.8. The zero-order chi connectivity index (χ0) is 15.1. The Bertz CT molecular complexity index is 422. The molecule has 0 aliphatic carbocycles. The van der Waals surface area contributed by atoms with Gasteiger partial charge in [-0.25, -0.2) is 0 Å². The lowest BCUT2D eigenvalue weighted by Crippen LogP contribution is -2.47. The third-order valence-electron chi connectivity index (χ3n) is 4.21. The molecule has 1 aromatic rings. The molecule has 2 N–H and O–H groups in total. The van der Waals surface area contributed by atoms with Crippen molar-refractivity contribution in [1.82, 2.24) is 15.1 Å². The van der Waals surface area contributed by atoms with Gasteiger partial charge in [0, 0.05) is 50.3 Å². The Morgan fingerprint density at radius 3 is 2.43 bits per heavy atom. The third kappa shape index (κ3) is 5.24. The Hall–Kier alpha value is -0.650. The topological polar surface area (TPSA) is 38.7 Å². The molecule has 1 unspecified atom stereocenters. The van der Waals surface area contributed by atoms with Crippen molar-refractivity contribution in [3.8, 4) is 0 Å². The first-order chi connectivity index (χ1) is 10.2. The molecule has 0 amide bonds. The smallest absolute Gasteiger partial charge is 0.0558 e. The predicted octanol–water partition coefficient (Wildman–Crippen LogP) is 1.60. The van der Waals surface area contributed by atoms with Crippen LogP contribution in [-0.2, 0) is 0 Å². The van der Waals surface area contributed by atoms with Gasteiger partial charge in [-0.3, -0.25) is 4.90 Å². The SMILES string of the molecule is CNC(CCN1CCN(CCO)CC1)c1cccc(Cl)c1. The summed E-state index contributed by atoms with van der Waals surface area (Å²) in [6.45, 7) is 6.44. The van der Waals surface area contributed by atoms with Crippen LogP contribution in [0.25, 0.3) is 0 Å². The van der Waals surface area contributed by atoms with E-state index in [1.54, 1.807) is 0 Å². The van der Waals surface area contributed by atoms with Crippen LogP contribution >= 0.6 is 11.6 Å². The monoisotopic (exact) mass is 311 g/mol. The number of aliphatic hydroxyl groups is 1. The van der Waals surface area contributed by atoms with Crippen molar-refractivity contribution in [2.45, 2.75) is 12.5 Å². The van der Waals surface area contributed by atoms with E-state index < -0.39 is 0 Å². The summed E-state index contributed by atoms with van der Waals surface area (Å²) in [6, 6.07) is 8.45. The fourth-order valence-electron chi connectivity index (χ4n) is 2.89.